The minimum atomic E-state index is -0.511. The van der Waals surface area contributed by atoms with Crippen molar-refractivity contribution in [2.75, 3.05) is 18.2 Å². The molecule has 3 N–H and O–H groups in total. The summed E-state index contributed by atoms with van der Waals surface area (Å²) in [4.78, 5) is 19.3. The van der Waals surface area contributed by atoms with Crippen molar-refractivity contribution in [3.8, 4) is 0 Å². The molecule has 0 saturated carbocycles. The van der Waals surface area contributed by atoms with E-state index in [1.54, 1.807) is 6.20 Å². The molecule has 6 nitrogen and oxygen atoms in total. The van der Waals surface area contributed by atoms with Crippen molar-refractivity contribution >= 4 is 17.5 Å². The van der Waals surface area contributed by atoms with Gasteiger partial charge in [0.2, 0.25) is 0 Å². The van der Waals surface area contributed by atoms with Gasteiger partial charge in [-0.2, -0.15) is 0 Å². The molecular formula is C13H14N4O2. The lowest BCUT2D eigenvalue weighted by atomic mass is 10.2. The molecule has 0 aliphatic heterocycles. The van der Waals surface area contributed by atoms with Crippen LogP contribution in [0.4, 0.5) is 11.5 Å². The smallest absolute Gasteiger partial charge is 0.358 e. The molecule has 98 valence electrons. The van der Waals surface area contributed by atoms with Crippen LogP contribution >= 0.6 is 0 Å². The number of carbonyl (C=O) groups is 1. The van der Waals surface area contributed by atoms with Gasteiger partial charge in [0.05, 0.1) is 19.5 Å². The highest BCUT2D eigenvalue weighted by Crippen LogP contribution is 2.09. The number of nitrogen functional groups attached to an aromatic ring is 1. The Labute approximate surface area is 110 Å². The SMILES string of the molecule is COC(=O)c1cncc(NCc2ccc(N)cc2)n1. The number of hydrogen-bond acceptors (Lipinski definition) is 6. The van der Waals surface area contributed by atoms with Gasteiger partial charge in [0.25, 0.3) is 0 Å². The molecule has 0 atom stereocenters. The number of ether oxygens (including phenoxy) is 1. The number of aromatic nitrogens is 2. The summed E-state index contributed by atoms with van der Waals surface area (Å²) in [5, 5.41) is 3.08. The molecule has 1 aromatic heterocycles. The van der Waals surface area contributed by atoms with E-state index in [9.17, 15) is 4.79 Å². The molecule has 0 aliphatic rings. The van der Waals surface area contributed by atoms with E-state index in [4.69, 9.17) is 5.73 Å². The third-order valence-corrected chi connectivity index (χ3v) is 2.48. The van der Waals surface area contributed by atoms with E-state index in [2.05, 4.69) is 20.0 Å². The molecule has 0 bridgehead atoms. The Morgan fingerprint density at radius 3 is 2.74 bits per heavy atom. The number of benzene rings is 1. The van der Waals surface area contributed by atoms with Crippen LogP contribution in [0.3, 0.4) is 0 Å². The fourth-order valence-corrected chi connectivity index (χ4v) is 1.48. The number of nitrogens with two attached hydrogens (primary N) is 1. The molecule has 0 spiro atoms. The maximum atomic E-state index is 11.3. The third-order valence-electron chi connectivity index (χ3n) is 2.48. The van der Waals surface area contributed by atoms with Crippen LogP contribution < -0.4 is 11.1 Å². The summed E-state index contributed by atoms with van der Waals surface area (Å²) in [7, 11) is 1.30. The minimum Gasteiger partial charge on any atom is -0.464 e. The Bertz CT molecular complexity index is 569. The van der Waals surface area contributed by atoms with Crippen molar-refractivity contribution in [3.63, 3.8) is 0 Å². The van der Waals surface area contributed by atoms with Gasteiger partial charge in [-0.25, -0.2) is 9.78 Å². The lowest BCUT2D eigenvalue weighted by Gasteiger charge is -2.06. The number of hydrogen-bond donors (Lipinski definition) is 2. The molecule has 2 rings (SSSR count). The van der Waals surface area contributed by atoms with Gasteiger partial charge in [-0.1, -0.05) is 12.1 Å². The Morgan fingerprint density at radius 1 is 1.32 bits per heavy atom. The van der Waals surface area contributed by atoms with Crippen LogP contribution in [-0.2, 0) is 11.3 Å². The highest BCUT2D eigenvalue weighted by molar-refractivity contribution is 5.87. The molecule has 2 aromatic rings. The lowest BCUT2D eigenvalue weighted by Crippen LogP contribution is -2.08. The van der Waals surface area contributed by atoms with Gasteiger partial charge in [0.15, 0.2) is 5.69 Å². The molecule has 0 unspecified atom stereocenters. The molecular weight excluding hydrogens is 244 g/mol. The first-order chi connectivity index (χ1) is 9.19. The van der Waals surface area contributed by atoms with Crippen LogP contribution in [0.5, 0.6) is 0 Å². The van der Waals surface area contributed by atoms with Crippen LogP contribution in [0.15, 0.2) is 36.7 Å². The van der Waals surface area contributed by atoms with Crippen molar-refractivity contribution in [1.82, 2.24) is 9.97 Å². The Morgan fingerprint density at radius 2 is 2.05 bits per heavy atom. The van der Waals surface area contributed by atoms with Crippen LogP contribution in [0.25, 0.3) is 0 Å². The zero-order valence-corrected chi connectivity index (χ0v) is 10.5. The van der Waals surface area contributed by atoms with E-state index in [1.165, 1.54) is 13.3 Å². The van der Waals surface area contributed by atoms with Gasteiger partial charge in [-0.05, 0) is 17.7 Å². The Kier molecular flexibility index (Phi) is 3.92. The third kappa shape index (κ3) is 3.41. The van der Waals surface area contributed by atoms with Crippen LogP contribution in [-0.4, -0.2) is 23.0 Å². The predicted molar refractivity (Wildman–Crippen MR) is 71.6 cm³/mol. The van der Waals surface area contributed by atoms with Crippen molar-refractivity contribution in [2.24, 2.45) is 0 Å². The standard InChI is InChI=1S/C13H14N4O2/c1-19-13(18)11-7-15-8-12(17-11)16-6-9-2-4-10(14)5-3-9/h2-5,7-8H,6,14H2,1H3,(H,16,17). The zero-order chi connectivity index (χ0) is 13.7. The number of methoxy groups -OCH3 is 1. The minimum absolute atomic E-state index is 0.171. The second-order valence-electron chi connectivity index (χ2n) is 3.88. The van der Waals surface area contributed by atoms with Crippen LogP contribution in [0.1, 0.15) is 16.1 Å². The average Bonchev–Trinajstić information content (AvgIpc) is 2.46. The van der Waals surface area contributed by atoms with E-state index in [1.807, 2.05) is 24.3 Å². The molecule has 1 heterocycles. The number of carbonyl (C=O) groups excluding carboxylic acids is 1. The number of rotatable bonds is 4. The van der Waals surface area contributed by atoms with Crippen molar-refractivity contribution in [2.45, 2.75) is 6.54 Å². The zero-order valence-electron chi connectivity index (χ0n) is 10.5. The first-order valence-electron chi connectivity index (χ1n) is 5.67. The summed E-state index contributed by atoms with van der Waals surface area (Å²) in [6.45, 7) is 0.569. The second-order valence-corrected chi connectivity index (χ2v) is 3.88. The normalized spacial score (nSPS) is 9.95. The fraction of sp³-hybridized carbons (Fsp3) is 0.154. The largest absolute Gasteiger partial charge is 0.464 e. The molecule has 0 aliphatic carbocycles. The van der Waals surface area contributed by atoms with Gasteiger partial charge in [0, 0.05) is 12.2 Å². The molecule has 0 fully saturated rings. The van der Waals surface area contributed by atoms with Gasteiger partial charge in [-0.15, -0.1) is 0 Å². The highest BCUT2D eigenvalue weighted by atomic mass is 16.5. The summed E-state index contributed by atoms with van der Waals surface area (Å²) < 4.78 is 4.58. The number of esters is 1. The lowest BCUT2D eigenvalue weighted by molar-refractivity contribution is 0.0593. The molecule has 0 amide bonds. The quantitative estimate of drug-likeness (QED) is 0.637. The Balaban J connectivity index is 2.03. The van der Waals surface area contributed by atoms with E-state index < -0.39 is 5.97 Å². The summed E-state index contributed by atoms with van der Waals surface area (Å²) in [6, 6.07) is 7.49. The van der Waals surface area contributed by atoms with Gasteiger partial charge >= 0.3 is 5.97 Å². The van der Waals surface area contributed by atoms with Crippen LogP contribution in [0.2, 0.25) is 0 Å². The number of nitrogens with zero attached hydrogens (tertiary/aromatic N) is 2. The molecule has 0 radical (unpaired) electrons. The molecule has 19 heavy (non-hydrogen) atoms. The van der Waals surface area contributed by atoms with Crippen molar-refractivity contribution in [1.29, 1.82) is 0 Å². The van der Waals surface area contributed by atoms with Crippen molar-refractivity contribution < 1.29 is 9.53 Å². The fourth-order valence-electron chi connectivity index (χ4n) is 1.48. The van der Waals surface area contributed by atoms with E-state index in [0.717, 1.165) is 11.3 Å². The first kappa shape index (κ1) is 12.8. The van der Waals surface area contributed by atoms with Crippen LogP contribution in [0, 0.1) is 0 Å². The summed E-state index contributed by atoms with van der Waals surface area (Å²) >= 11 is 0. The average molecular weight is 258 g/mol. The predicted octanol–water partition coefficient (Wildman–Crippen LogP) is 1.46. The number of nitrogens with one attached hydrogen (secondary N) is 1. The topological polar surface area (TPSA) is 90.1 Å². The summed E-state index contributed by atoms with van der Waals surface area (Å²) in [6.07, 6.45) is 2.91. The van der Waals surface area contributed by atoms with Gasteiger partial charge in [0.1, 0.15) is 5.82 Å². The first-order valence-corrected chi connectivity index (χ1v) is 5.67. The summed E-state index contributed by atoms with van der Waals surface area (Å²) in [5.41, 5.74) is 7.55. The van der Waals surface area contributed by atoms with Crippen molar-refractivity contribution in [3.05, 3.63) is 47.9 Å². The molecule has 6 heteroatoms. The van der Waals surface area contributed by atoms with E-state index >= 15 is 0 Å². The maximum Gasteiger partial charge on any atom is 0.358 e. The molecule has 1 aromatic carbocycles. The van der Waals surface area contributed by atoms with Gasteiger partial charge < -0.3 is 15.8 Å². The summed E-state index contributed by atoms with van der Waals surface area (Å²) in [5.74, 6) is 0.00311. The Hall–Kier alpha value is -2.63. The number of anilines is 2. The monoisotopic (exact) mass is 258 g/mol. The van der Waals surface area contributed by atoms with Gasteiger partial charge in [-0.3, -0.25) is 4.98 Å². The van der Waals surface area contributed by atoms with E-state index in [0.29, 0.717) is 12.4 Å². The highest BCUT2D eigenvalue weighted by Gasteiger charge is 2.08. The second kappa shape index (κ2) is 5.81. The molecule has 0 saturated heterocycles. The maximum absolute atomic E-state index is 11.3. The van der Waals surface area contributed by atoms with E-state index in [-0.39, 0.29) is 5.69 Å².